The lowest BCUT2D eigenvalue weighted by Crippen LogP contribution is -2.19. The Labute approximate surface area is 102 Å². The minimum atomic E-state index is 0.0326. The average molecular weight is 286 g/mol. The average Bonchev–Trinajstić information content (AvgIpc) is 2.66. The SMILES string of the molecule is CNCC(=O)c1c(C)cc2c(c1Br)OCO2. The molecule has 1 aromatic rings. The van der Waals surface area contributed by atoms with Gasteiger partial charge in [0.05, 0.1) is 11.0 Å². The number of carbonyl (C=O) groups is 1. The first-order chi connectivity index (χ1) is 7.65. The van der Waals surface area contributed by atoms with E-state index in [0.29, 0.717) is 28.1 Å². The van der Waals surface area contributed by atoms with E-state index >= 15 is 0 Å². The molecule has 0 radical (unpaired) electrons. The van der Waals surface area contributed by atoms with Crippen LogP contribution in [0.3, 0.4) is 0 Å². The number of hydrogen-bond donors (Lipinski definition) is 1. The van der Waals surface area contributed by atoms with E-state index in [1.807, 2.05) is 13.0 Å². The number of nitrogens with one attached hydrogen (secondary N) is 1. The predicted octanol–water partition coefficient (Wildman–Crippen LogP) is 1.89. The van der Waals surface area contributed by atoms with Gasteiger partial charge < -0.3 is 14.8 Å². The normalized spacial score (nSPS) is 12.9. The number of likely N-dealkylation sites (N-methyl/N-ethyl adjacent to an activating group) is 1. The third kappa shape index (κ3) is 1.81. The molecule has 1 heterocycles. The lowest BCUT2D eigenvalue weighted by molar-refractivity contribution is 0.0991. The minimum Gasteiger partial charge on any atom is -0.454 e. The van der Waals surface area contributed by atoms with Gasteiger partial charge >= 0.3 is 0 Å². The molecule has 0 saturated heterocycles. The quantitative estimate of drug-likeness (QED) is 0.862. The Balaban J connectivity index is 2.50. The molecule has 4 nitrogen and oxygen atoms in total. The van der Waals surface area contributed by atoms with Crippen molar-refractivity contribution in [2.45, 2.75) is 6.92 Å². The van der Waals surface area contributed by atoms with Gasteiger partial charge in [0.25, 0.3) is 0 Å². The molecule has 5 heteroatoms. The van der Waals surface area contributed by atoms with Crippen molar-refractivity contribution in [3.63, 3.8) is 0 Å². The van der Waals surface area contributed by atoms with Crippen molar-refractivity contribution in [1.82, 2.24) is 5.32 Å². The molecule has 0 amide bonds. The van der Waals surface area contributed by atoms with Crippen LogP contribution >= 0.6 is 15.9 Å². The second-order valence-electron chi connectivity index (χ2n) is 3.57. The van der Waals surface area contributed by atoms with Gasteiger partial charge in [-0.1, -0.05) is 0 Å². The predicted molar refractivity (Wildman–Crippen MR) is 63.3 cm³/mol. The summed E-state index contributed by atoms with van der Waals surface area (Å²) in [7, 11) is 1.74. The van der Waals surface area contributed by atoms with Gasteiger partial charge in [0.2, 0.25) is 6.79 Å². The molecule has 0 atom stereocenters. The molecule has 0 bridgehead atoms. The van der Waals surface area contributed by atoms with Crippen LogP contribution in [0.15, 0.2) is 10.5 Å². The Morgan fingerprint density at radius 2 is 2.31 bits per heavy atom. The smallest absolute Gasteiger partial charge is 0.231 e. The minimum absolute atomic E-state index is 0.0326. The summed E-state index contributed by atoms with van der Waals surface area (Å²) in [6.45, 7) is 2.39. The number of aryl methyl sites for hydroxylation is 1. The number of benzene rings is 1. The van der Waals surface area contributed by atoms with Crippen LogP contribution in [0.25, 0.3) is 0 Å². The van der Waals surface area contributed by atoms with Crippen LogP contribution in [-0.4, -0.2) is 26.2 Å². The highest BCUT2D eigenvalue weighted by Gasteiger charge is 2.24. The molecule has 1 aromatic carbocycles. The summed E-state index contributed by atoms with van der Waals surface area (Å²) < 4.78 is 11.3. The summed E-state index contributed by atoms with van der Waals surface area (Å²) in [5.41, 5.74) is 1.54. The van der Waals surface area contributed by atoms with E-state index in [9.17, 15) is 4.79 Å². The van der Waals surface area contributed by atoms with E-state index in [1.165, 1.54) is 0 Å². The van der Waals surface area contributed by atoms with Gasteiger partial charge in [0.1, 0.15) is 0 Å². The first-order valence-electron chi connectivity index (χ1n) is 4.91. The Morgan fingerprint density at radius 3 is 3.00 bits per heavy atom. The Hall–Kier alpha value is -1.07. The van der Waals surface area contributed by atoms with Crippen LogP contribution in [0.1, 0.15) is 15.9 Å². The standard InChI is InChI=1S/C11H12BrNO3/c1-6-3-8-11(16-5-15-8)10(12)9(6)7(14)4-13-2/h3,13H,4-5H2,1-2H3. The van der Waals surface area contributed by atoms with Gasteiger partial charge in [-0.2, -0.15) is 0 Å². The molecule has 0 aromatic heterocycles. The number of ether oxygens (including phenoxy) is 2. The van der Waals surface area contributed by atoms with Crippen LogP contribution in [-0.2, 0) is 0 Å². The zero-order valence-corrected chi connectivity index (χ0v) is 10.7. The monoisotopic (exact) mass is 285 g/mol. The number of ketones is 1. The second kappa shape index (κ2) is 4.43. The van der Waals surface area contributed by atoms with E-state index in [4.69, 9.17) is 9.47 Å². The van der Waals surface area contributed by atoms with Gasteiger partial charge in [-0.15, -0.1) is 0 Å². The second-order valence-corrected chi connectivity index (χ2v) is 4.36. The zero-order chi connectivity index (χ0) is 11.7. The molecular formula is C11H12BrNO3. The Kier molecular flexibility index (Phi) is 3.16. The van der Waals surface area contributed by atoms with Gasteiger partial charge in [-0.05, 0) is 41.5 Å². The summed E-state index contributed by atoms with van der Waals surface area (Å²) in [4.78, 5) is 11.9. The zero-order valence-electron chi connectivity index (χ0n) is 9.09. The number of fused-ring (bicyclic) bond motifs is 1. The molecule has 0 fully saturated rings. The number of carbonyl (C=O) groups excluding carboxylic acids is 1. The molecule has 0 spiro atoms. The van der Waals surface area contributed by atoms with E-state index in [1.54, 1.807) is 7.05 Å². The molecule has 0 aliphatic carbocycles. The van der Waals surface area contributed by atoms with Gasteiger partial charge in [-0.25, -0.2) is 0 Å². The molecule has 2 rings (SSSR count). The topological polar surface area (TPSA) is 47.6 Å². The molecule has 0 unspecified atom stereocenters. The van der Waals surface area contributed by atoms with Crippen LogP contribution < -0.4 is 14.8 Å². The number of rotatable bonds is 3. The third-order valence-electron chi connectivity index (χ3n) is 2.42. The van der Waals surface area contributed by atoms with Gasteiger partial charge in [-0.3, -0.25) is 4.79 Å². The first kappa shape index (κ1) is 11.4. The van der Waals surface area contributed by atoms with Crippen molar-refractivity contribution in [3.8, 4) is 11.5 Å². The van der Waals surface area contributed by atoms with Crippen molar-refractivity contribution in [3.05, 3.63) is 21.7 Å². The largest absolute Gasteiger partial charge is 0.454 e. The van der Waals surface area contributed by atoms with Gasteiger partial charge in [0, 0.05) is 5.56 Å². The van der Waals surface area contributed by atoms with Crippen LogP contribution in [0, 0.1) is 6.92 Å². The number of halogens is 1. The maximum atomic E-state index is 11.9. The lowest BCUT2D eigenvalue weighted by atomic mass is 10.0. The van der Waals surface area contributed by atoms with Gasteiger partial charge in [0.15, 0.2) is 17.3 Å². The molecule has 1 aliphatic heterocycles. The maximum absolute atomic E-state index is 11.9. The van der Waals surface area contributed by atoms with E-state index in [2.05, 4.69) is 21.2 Å². The van der Waals surface area contributed by atoms with Crippen LogP contribution in [0.5, 0.6) is 11.5 Å². The molecular weight excluding hydrogens is 274 g/mol. The lowest BCUT2D eigenvalue weighted by Gasteiger charge is -2.09. The number of hydrogen-bond acceptors (Lipinski definition) is 4. The highest BCUT2D eigenvalue weighted by molar-refractivity contribution is 9.10. The van der Waals surface area contributed by atoms with Crippen molar-refractivity contribution >= 4 is 21.7 Å². The summed E-state index contributed by atoms with van der Waals surface area (Å²) in [5.74, 6) is 1.33. The molecule has 86 valence electrons. The third-order valence-corrected chi connectivity index (χ3v) is 3.18. The van der Waals surface area contributed by atoms with Crippen molar-refractivity contribution < 1.29 is 14.3 Å². The highest BCUT2D eigenvalue weighted by Crippen LogP contribution is 2.42. The number of Topliss-reactive ketones (excluding diaryl/α,β-unsaturated/α-hetero) is 1. The molecule has 1 N–H and O–H groups in total. The summed E-state index contributed by atoms with van der Waals surface area (Å²) in [6.07, 6.45) is 0. The first-order valence-corrected chi connectivity index (χ1v) is 5.71. The summed E-state index contributed by atoms with van der Waals surface area (Å²) in [5, 5.41) is 2.85. The molecule has 16 heavy (non-hydrogen) atoms. The highest BCUT2D eigenvalue weighted by atomic mass is 79.9. The van der Waals surface area contributed by atoms with Crippen molar-refractivity contribution in [2.75, 3.05) is 20.4 Å². The van der Waals surface area contributed by atoms with Crippen LogP contribution in [0.2, 0.25) is 0 Å². The molecule has 0 saturated carbocycles. The van der Waals surface area contributed by atoms with E-state index < -0.39 is 0 Å². The summed E-state index contributed by atoms with van der Waals surface area (Å²) >= 11 is 3.40. The maximum Gasteiger partial charge on any atom is 0.231 e. The Morgan fingerprint density at radius 1 is 1.56 bits per heavy atom. The fraction of sp³-hybridized carbons (Fsp3) is 0.364. The van der Waals surface area contributed by atoms with E-state index in [0.717, 1.165) is 5.56 Å². The van der Waals surface area contributed by atoms with Crippen molar-refractivity contribution in [1.29, 1.82) is 0 Å². The van der Waals surface area contributed by atoms with Crippen molar-refractivity contribution in [2.24, 2.45) is 0 Å². The Bertz CT molecular complexity index is 445. The fourth-order valence-electron chi connectivity index (χ4n) is 1.71. The summed E-state index contributed by atoms with van der Waals surface area (Å²) in [6, 6.07) is 1.83. The van der Waals surface area contributed by atoms with Crippen LogP contribution in [0.4, 0.5) is 0 Å². The fourth-order valence-corrected chi connectivity index (χ4v) is 2.56. The molecule has 1 aliphatic rings. The van der Waals surface area contributed by atoms with E-state index in [-0.39, 0.29) is 12.6 Å².